The number of para-hydroxylation sites is 1. The van der Waals surface area contributed by atoms with E-state index in [9.17, 15) is 4.79 Å². The number of amides is 1. The summed E-state index contributed by atoms with van der Waals surface area (Å²) in [4.78, 5) is 12.7. The number of hydrogen-bond acceptors (Lipinski definition) is 4. The number of hydrazone groups is 1. The topological polar surface area (TPSA) is 78.2 Å². The Morgan fingerprint density at radius 1 is 0.733 bits per heavy atom. The summed E-state index contributed by atoms with van der Waals surface area (Å²) < 4.78 is 0. The lowest BCUT2D eigenvalue weighted by molar-refractivity contribution is -0.110. The van der Waals surface area contributed by atoms with Crippen molar-refractivity contribution in [2.45, 2.75) is 0 Å². The Morgan fingerprint density at radius 3 is 2.07 bits per heavy atom. The first-order valence-electron chi connectivity index (χ1n) is 8.44. The largest absolute Gasteiger partial charge is 0.319 e. The van der Waals surface area contributed by atoms with Gasteiger partial charge in [0.25, 0.3) is 11.7 Å². The Morgan fingerprint density at radius 2 is 1.40 bits per heavy atom. The molecule has 0 atom stereocenters. The molecule has 3 rings (SSSR count). The van der Waals surface area contributed by atoms with Gasteiger partial charge >= 0.3 is 0 Å². The number of nitrogens with one attached hydrogen (secondary N) is 2. The minimum atomic E-state index is -0.572. The fourth-order valence-corrected chi connectivity index (χ4v) is 2.75. The molecule has 0 radical (unpaired) electrons. The number of nitrogens with zero attached hydrogens (tertiary/aromatic N) is 3. The summed E-state index contributed by atoms with van der Waals surface area (Å²) in [6.45, 7) is 0. The van der Waals surface area contributed by atoms with E-state index < -0.39 is 5.91 Å². The maximum atomic E-state index is 12.7. The second-order valence-corrected chi connectivity index (χ2v) is 7.42. The number of azo groups is 1. The SMILES string of the molecule is O=C(Nc1ccccc1)/C(N=Nc1ccc(Cl)c(Cl)c1)=N\Nc1ccc(Cl)c(Cl)c1. The summed E-state index contributed by atoms with van der Waals surface area (Å²) in [7, 11) is 0. The highest BCUT2D eigenvalue weighted by Gasteiger charge is 2.12. The van der Waals surface area contributed by atoms with Crippen molar-refractivity contribution in [3.63, 3.8) is 0 Å². The number of halogens is 4. The Hall–Kier alpha value is -2.64. The number of anilines is 2. The Balaban J connectivity index is 1.86. The smallest absolute Gasteiger partial charge is 0.297 e. The molecule has 3 aromatic carbocycles. The molecule has 0 aliphatic carbocycles. The van der Waals surface area contributed by atoms with Crippen molar-refractivity contribution in [3.05, 3.63) is 86.8 Å². The maximum absolute atomic E-state index is 12.7. The van der Waals surface area contributed by atoms with Gasteiger partial charge in [-0.25, -0.2) is 0 Å². The minimum Gasteiger partial charge on any atom is -0.319 e. The minimum absolute atomic E-state index is 0.226. The van der Waals surface area contributed by atoms with Crippen molar-refractivity contribution in [3.8, 4) is 0 Å². The summed E-state index contributed by atoms with van der Waals surface area (Å²) in [5, 5.41) is 16.2. The molecule has 6 nitrogen and oxygen atoms in total. The van der Waals surface area contributed by atoms with Crippen LogP contribution in [-0.4, -0.2) is 11.7 Å². The van der Waals surface area contributed by atoms with Crippen molar-refractivity contribution in [2.24, 2.45) is 15.3 Å². The van der Waals surface area contributed by atoms with E-state index in [-0.39, 0.29) is 5.84 Å². The summed E-state index contributed by atoms with van der Waals surface area (Å²) in [6, 6.07) is 18.4. The molecule has 10 heteroatoms. The predicted octanol–water partition coefficient (Wildman–Crippen LogP) is 7.45. The van der Waals surface area contributed by atoms with Crippen LogP contribution in [-0.2, 0) is 4.79 Å². The molecule has 2 N–H and O–H groups in total. The van der Waals surface area contributed by atoms with Crippen LogP contribution in [0, 0.1) is 0 Å². The first-order chi connectivity index (χ1) is 14.4. The monoisotopic (exact) mass is 479 g/mol. The molecule has 0 bridgehead atoms. The predicted molar refractivity (Wildman–Crippen MR) is 124 cm³/mol. The number of carbonyl (C=O) groups is 1. The number of rotatable bonds is 4. The average Bonchev–Trinajstić information content (AvgIpc) is 2.73. The van der Waals surface area contributed by atoms with Crippen LogP contribution in [0.5, 0.6) is 0 Å². The highest BCUT2D eigenvalue weighted by molar-refractivity contribution is 6.43. The molecule has 0 unspecified atom stereocenters. The van der Waals surface area contributed by atoms with Gasteiger partial charge in [-0.1, -0.05) is 64.6 Å². The molecule has 30 heavy (non-hydrogen) atoms. The fourth-order valence-electron chi connectivity index (χ4n) is 2.16. The molecule has 1 amide bonds. The third kappa shape index (κ3) is 6.18. The van der Waals surface area contributed by atoms with Crippen LogP contribution >= 0.6 is 46.4 Å². The highest BCUT2D eigenvalue weighted by atomic mass is 35.5. The highest BCUT2D eigenvalue weighted by Crippen LogP contribution is 2.27. The number of carbonyl (C=O) groups excluding carboxylic acids is 1. The zero-order valence-corrected chi connectivity index (χ0v) is 18.1. The standard InChI is InChI=1S/C20H13Cl4N5O/c21-15-8-6-13(10-17(15)23)26-28-19(20(30)25-12-4-2-1-3-5-12)29-27-14-7-9-16(22)18(24)11-14/h1-11,26H,(H,25,30)/b28-19+,29-27?. The van der Waals surface area contributed by atoms with Crippen LogP contribution < -0.4 is 10.7 Å². The van der Waals surface area contributed by atoms with Crippen LogP contribution in [0.4, 0.5) is 17.1 Å². The van der Waals surface area contributed by atoms with Gasteiger partial charge in [0.05, 0.1) is 31.5 Å². The zero-order valence-electron chi connectivity index (χ0n) is 15.1. The first kappa shape index (κ1) is 22.1. The third-order valence-corrected chi connectivity index (χ3v) is 5.09. The van der Waals surface area contributed by atoms with Crippen LogP contribution in [0.1, 0.15) is 0 Å². The molecule has 0 saturated carbocycles. The second-order valence-electron chi connectivity index (χ2n) is 5.79. The molecular weight excluding hydrogens is 468 g/mol. The Labute approximate surface area is 192 Å². The van der Waals surface area contributed by atoms with Crippen molar-refractivity contribution in [2.75, 3.05) is 10.7 Å². The molecule has 0 spiro atoms. The molecule has 0 aromatic heterocycles. The lowest BCUT2D eigenvalue weighted by Crippen LogP contribution is -2.22. The lowest BCUT2D eigenvalue weighted by atomic mass is 10.3. The van der Waals surface area contributed by atoms with Gasteiger partial charge in [-0.15, -0.1) is 15.3 Å². The van der Waals surface area contributed by atoms with E-state index in [1.165, 1.54) is 6.07 Å². The summed E-state index contributed by atoms with van der Waals surface area (Å²) in [6.07, 6.45) is 0. The normalized spacial score (nSPS) is 11.5. The number of amidine groups is 1. The van der Waals surface area contributed by atoms with Crippen molar-refractivity contribution in [1.29, 1.82) is 0 Å². The molecule has 0 saturated heterocycles. The molecule has 0 aliphatic rings. The van der Waals surface area contributed by atoms with Crippen molar-refractivity contribution < 1.29 is 4.79 Å². The van der Waals surface area contributed by atoms with Gasteiger partial charge in [0, 0.05) is 5.69 Å². The Bertz CT molecular complexity index is 1120. The molecule has 0 heterocycles. The van der Waals surface area contributed by atoms with Crippen LogP contribution in [0.25, 0.3) is 0 Å². The van der Waals surface area contributed by atoms with E-state index in [1.54, 1.807) is 54.6 Å². The van der Waals surface area contributed by atoms with Crippen molar-refractivity contribution >= 4 is 75.2 Å². The molecule has 152 valence electrons. The zero-order chi connectivity index (χ0) is 21.5. The first-order valence-corrected chi connectivity index (χ1v) is 9.95. The van der Waals surface area contributed by atoms with Gasteiger partial charge in [-0.2, -0.15) is 0 Å². The molecule has 3 aromatic rings. The Kier molecular flexibility index (Phi) is 7.65. The summed E-state index contributed by atoms with van der Waals surface area (Å²) in [5.74, 6) is -0.798. The van der Waals surface area contributed by atoms with E-state index in [0.717, 1.165) is 0 Å². The van der Waals surface area contributed by atoms with E-state index in [2.05, 4.69) is 26.1 Å². The van der Waals surface area contributed by atoms with Gasteiger partial charge in [-0.05, 0) is 48.5 Å². The van der Waals surface area contributed by atoms with Gasteiger partial charge in [0.2, 0.25) is 0 Å². The van der Waals surface area contributed by atoms with Gasteiger partial charge in [0.15, 0.2) is 0 Å². The second kappa shape index (κ2) is 10.4. The summed E-state index contributed by atoms with van der Waals surface area (Å²) in [5.41, 5.74) is 4.21. The average molecular weight is 481 g/mol. The summed E-state index contributed by atoms with van der Waals surface area (Å²) >= 11 is 23.8. The van der Waals surface area contributed by atoms with E-state index in [0.29, 0.717) is 37.2 Å². The third-order valence-electron chi connectivity index (χ3n) is 3.61. The van der Waals surface area contributed by atoms with Gasteiger partial charge < -0.3 is 5.32 Å². The van der Waals surface area contributed by atoms with Crippen molar-refractivity contribution in [1.82, 2.24) is 0 Å². The van der Waals surface area contributed by atoms with Crippen LogP contribution in [0.3, 0.4) is 0 Å². The van der Waals surface area contributed by atoms with Gasteiger partial charge in [-0.3, -0.25) is 10.2 Å². The van der Waals surface area contributed by atoms with Crippen LogP contribution in [0.15, 0.2) is 82.1 Å². The molecule has 0 fully saturated rings. The lowest BCUT2D eigenvalue weighted by Gasteiger charge is -2.06. The van der Waals surface area contributed by atoms with E-state index >= 15 is 0 Å². The number of benzene rings is 3. The van der Waals surface area contributed by atoms with Crippen LogP contribution in [0.2, 0.25) is 20.1 Å². The molecule has 0 aliphatic heterocycles. The number of hydrogen-bond donors (Lipinski definition) is 2. The van der Waals surface area contributed by atoms with E-state index in [4.69, 9.17) is 46.4 Å². The maximum Gasteiger partial charge on any atom is 0.297 e. The molecular formula is C20H13Cl4N5O. The quantitative estimate of drug-likeness (QED) is 0.176. The van der Waals surface area contributed by atoms with E-state index in [1.807, 2.05) is 6.07 Å². The fraction of sp³-hybridized carbons (Fsp3) is 0. The van der Waals surface area contributed by atoms with Gasteiger partial charge in [0.1, 0.15) is 0 Å².